The Morgan fingerprint density at radius 2 is 2.05 bits per heavy atom. The molecule has 0 saturated heterocycles. The van der Waals surface area contributed by atoms with Gasteiger partial charge in [0.05, 0.1) is 6.42 Å². The molecule has 1 aliphatic heterocycles. The van der Waals surface area contributed by atoms with Crippen LogP contribution >= 0.6 is 11.6 Å². The monoisotopic (exact) mass is 300 g/mol. The number of benzene rings is 2. The zero-order chi connectivity index (χ0) is 14.8. The first-order chi connectivity index (χ1) is 10.1. The summed E-state index contributed by atoms with van der Waals surface area (Å²) in [6.07, 6.45) is 2.25. The van der Waals surface area contributed by atoms with Crippen LogP contribution in [0, 0.1) is 0 Å². The van der Waals surface area contributed by atoms with Gasteiger partial charge in [-0.25, -0.2) is 0 Å². The predicted octanol–water partition coefficient (Wildman–Crippen LogP) is 3.44. The zero-order valence-corrected chi connectivity index (χ0v) is 12.4. The Kier molecular flexibility index (Phi) is 3.84. The number of nitrogens with two attached hydrogens (primary N) is 1. The van der Waals surface area contributed by atoms with E-state index in [4.69, 9.17) is 17.3 Å². The molecule has 0 fully saturated rings. The number of carbonyl (C=O) groups excluding carboxylic acids is 1. The molecule has 2 aromatic rings. The molecule has 4 heteroatoms. The molecule has 1 aliphatic rings. The molecule has 0 atom stereocenters. The van der Waals surface area contributed by atoms with Gasteiger partial charge in [0.25, 0.3) is 0 Å². The summed E-state index contributed by atoms with van der Waals surface area (Å²) in [5, 5.41) is 0.639. The highest BCUT2D eigenvalue weighted by atomic mass is 35.5. The molecular formula is C17H17ClN2O. The lowest BCUT2D eigenvalue weighted by Gasteiger charge is -2.30. The second kappa shape index (κ2) is 5.78. The maximum absolute atomic E-state index is 12.6. The van der Waals surface area contributed by atoms with Crippen molar-refractivity contribution in [2.45, 2.75) is 19.3 Å². The van der Waals surface area contributed by atoms with Crippen LogP contribution in [0.4, 0.5) is 11.4 Å². The van der Waals surface area contributed by atoms with Gasteiger partial charge in [-0.2, -0.15) is 0 Å². The van der Waals surface area contributed by atoms with E-state index in [1.165, 1.54) is 0 Å². The van der Waals surface area contributed by atoms with Gasteiger partial charge in [-0.3, -0.25) is 4.79 Å². The largest absolute Gasteiger partial charge is 0.399 e. The molecule has 0 bridgehead atoms. The Labute approximate surface area is 129 Å². The third-order valence-electron chi connectivity index (χ3n) is 3.82. The number of fused-ring (bicyclic) bond motifs is 1. The lowest BCUT2D eigenvalue weighted by Crippen LogP contribution is -2.36. The van der Waals surface area contributed by atoms with Gasteiger partial charge < -0.3 is 10.6 Å². The minimum absolute atomic E-state index is 0.0776. The minimum atomic E-state index is 0.0776. The molecule has 108 valence electrons. The molecule has 1 amide bonds. The van der Waals surface area contributed by atoms with Crippen molar-refractivity contribution in [3.63, 3.8) is 0 Å². The van der Waals surface area contributed by atoms with Crippen LogP contribution in [0.1, 0.15) is 17.5 Å². The molecule has 3 rings (SSSR count). The van der Waals surface area contributed by atoms with E-state index in [1.807, 2.05) is 47.4 Å². The van der Waals surface area contributed by atoms with Gasteiger partial charge in [0.15, 0.2) is 0 Å². The summed E-state index contributed by atoms with van der Waals surface area (Å²) in [4.78, 5) is 14.5. The third-order valence-corrected chi connectivity index (χ3v) is 4.19. The van der Waals surface area contributed by atoms with Crippen molar-refractivity contribution in [3.05, 3.63) is 58.6 Å². The van der Waals surface area contributed by atoms with Crippen molar-refractivity contribution >= 4 is 28.9 Å². The van der Waals surface area contributed by atoms with E-state index >= 15 is 0 Å². The average Bonchev–Trinajstić information content (AvgIpc) is 2.48. The molecule has 21 heavy (non-hydrogen) atoms. The molecule has 1 heterocycles. The van der Waals surface area contributed by atoms with Crippen LogP contribution in [0.2, 0.25) is 5.02 Å². The van der Waals surface area contributed by atoms with Crippen molar-refractivity contribution in [2.75, 3.05) is 17.2 Å². The van der Waals surface area contributed by atoms with Crippen molar-refractivity contribution < 1.29 is 4.79 Å². The van der Waals surface area contributed by atoms with Gasteiger partial charge in [-0.15, -0.1) is 0 Å². The Balaban J connectivity index is 1.85. The second-order valence-corrected chi connectivity index (χ2v) is 5.71. The van der Waals surface area contributed by atoms with E-state index in [-0.39, 0.29) is 5.91 Å². The summed E-state index contributed by atoms with van der Waals surface area (Å²) in [7, 11) is 0. The van der Waals surface area contributed by atoms with Crippen molar-refractivity contribution in [1.29, 1.82) is 0 Å². The van der Waals surface area contributed by atoms with Crippen LogP contribution in [0.25, 0.3) is 0 Å². The van der Waals surface area contributed by atoms with Crippen LogP contribution in [-0.2, 0) is 17.6 Å². The molecule has 2 N–H and O–H groups in total. The molecular weight excluding hydrogens is 284 g/mol. The van der Waals surface area contributed by atoms with E-state index in [2.05, 4.69) is 0 Å². The van der Waals surface area contributed by atoms with Crippen LogP contribution in [0.3, 0.4) is 0 Å². The van der Waals surface area contributed by atoms with Crippen LogP contribution in [-0.4, -0.2) is 12.5 Å². The SMILES string of the molecule is Nc1ccc2c(c1)CCCN2C(=O)Cc1ccccc1Cl. The first kappa shape index (κ1) is 14.0. The molecule has 0 spiro atoms. The summed E-state index contributed by atoms with van der Waals surface area (Å²) in [5.41, 5.74) is 9.56. The third kappa shape index (κ3) is 2.88. The zero-order valence-electron chi connectivity index (χ0n) is 11.7. The molecule has 2 aromatic carbocycles. The smallest absolute Gasteiger partial charge is 0.231 e. The van der Waals surface area contributed by atoms with Gasteiger partial charge in [0, 0.05) is 22.9 Å². The molecule has 0 unspecified atom stereocenters. The topological polar surface area (TPSA) is 46.3 Å². The van der Waals surface area contributed by atoms with Crippen molar-refractivity contribution in [3.8, 4) is 0 Å². The van der Waals surface area contributed by atoms with Crippen molar-refractivity contribution in [1.82, 2.24) is 0 Å². The lowest BCUT2D eigenvalue weighted by atomic mass is 10.00. The Bertz CT molecular complexity index is 684. The van der Waals surface area contributed by atoms with Crippen molar-refractivity contribution in [2.24, 2.45) is 0 Å². The van der Waals surface area contributed by atoms with E-state index in [9.17, 15) is 4.79 Å². The summed E-state index contributed by atoms with van der Waals surface area (Å²) in [6, 6.07) is 13.2. The standard InChI is InChI=1S/C17H17ClN2O/c18-15-6-2-1-4-12(15)11-17(21)20-9-3-5-13-10-14(19)7-8-16(13)20/h1-2,4,6-8,10H,3,5,9,11,19H2. The lowest BCUT2D eigenvalue weighted by molar-refractivity contribution is -0.118. The summed E-state index contributed by atoms with van der Waals surface area (Å²) < 4.78 is 0. The van der Waals surface area contributed by atoms with Crippen LogP contribution in [0.5, 0.6) is 0 Å². The maximum atomic E-state index is 12.6. The Morgan fingerprint density at radius 1 is 1.24 bits per heavy atom. The number of rotatable bonds is 2. The fraction of sp³-hybridized carbons (Fsp3) is 0.235. The number of nitrogen functional groups attached to an aromatic ring is 1. The fourth-order valence-electron chi connectivity index (χ4n) is 2.78. The number of carbonyl (C=O) groups is 1. The fourth-order valence-corrected chi connectivity index (χ4v) is 2.98. The second-order valence-electron chi connectivity index (χ2n) is 5.31. The summed E-state index contributed by atoms with van der Waals surface area (Å²) in [5.74, 6) is 0.0776. The van der Waals surface area contributed by atoms with Crippen LogP contribution in [0.15, 0.2) is 42.5 Å². The van der Waals surface area contributed by atoms with E-state index in [0.717, 1.165) is 41.9 Å². The number of anilines is 2. The van der Waals surface area contributed by atoms with E-state index in [0.29, 0.717) is 11.4 Å². The number of amides is 1. The number of hydrogen-bond donors (Lipinski definition) is 1. The highest BCUT2D eigenvalue weighted by molar-refractivity contribution is 6.31. The van der Waals surface area contributed by atoms with Gasteiger partial charge in [0.2, 0.25) is 5.91 Å². The molecule has 0 aliphatic carbocycles. The van der Waals surface area contributed by atoms with E-state index < -0.39 is 0 Å². The van der Waals surface area contributed by atoms with Gasteiger partial charge >= 0.3 is 0 Å². The van der Waals surface area contributed by atoms with Gasteiger partial charge in [-0.1, -0.05) is 29.8 Å². The highest BCUT2D eigenvalue weighted by Crippen LogP contribution is 2.29. The minimum Gasteiger partial charge on any atom is -0.399 e. The maximum Gasteiger partial charge on any atom is 0.231 e. The van der Waals surface area contributed by atoms with Crippen LogP contribution < -0.4 is 10.6 Å². The van der Waals surface area contributed by atoms with E-state index in [1.54, 1.807) is 0 Å². The Hall–Kier alpha value is -2.00. The Morgan fingerprint density at radius 3 is 2.86 bits per heavy atom. The van der Waals surface area contributed by atoms with Gasteiger partial charge in [0.1, 0.15) is 0 Å². The molecule has 0 saturated carbocycles. The predicted molar refractivity (Wildman–Crippen MR) is 86.7 cm³/mol. The highest BCUT2D eigenvalue weighted by Gasteiger charge is 2.23. The summed E-state index contributed by atoms with van der Waals surface area (Å²) in [6.45, 7) is 0.750. The molecule has 3 nitrogen and oxygen atoms in total. The number of aryl methyl sites for hydroxylation is 1. The summed E-state index contributed by atoms with van der Waals surface area (Å²) >= 11 is 6.14. The average molecular weight is 301 g/mol. The number of halogens is 1. The first-order valence-corrected chi connectivity index (χ1v) is 7.45. The molecule has 0 radical (unpaired) electrons. The normalized spacial score (nSPS) is 13.9. The first-order valence-electron chi connectivity index (χ1n) is 7.07. The quantitative estimate of drug-likeness (QED) is 0.864. The molecule has 0 aromatic heterocycles. The number of hydrogen-bond acceptors (Lipinski definition) is 2. The number of nitrogens with zero attached hydrogens (tertiary/aromatic N) is 1. The van der Waals surface area contributed by atoms with Gasteiger partial charge in [-0.05, 0) is 48.2 Å².